The molecule has 0 aliphatic rings. The molecule has 5 nitrogen and oxygen atoms in total. The fourth-order valence-corrected chi connectivity index (χ4v) is 2.74. The number of alkyl halides is 1. The number of aromatic nitrogens is 3. The van der Waals surface area contributed by atoms with Crippen LogP contribution in [0.1, 0.15) is 0 Å². The second-order valence-corrected chi connectivity index (χ2v) is 5.28. The van der Waals surface area contributed by atoms with E-state index in [1.165, 1.54) is 11.8 Å². The van der Waals surface area contributed by atoms with Crippen molar-refractivity contribution in [3.8, 4) is 11.4 Å². The summed E-state index contributed by atoms with van der Waals surface area (Å²) in [5.74, 6) is 0.566. The molecule has 0 saturated heterocycles. The normalized spacial score (nSPS) is 11.0. The van der Waals surface area contributed by atoms with E-state index in [1.54, 1.807) is 41.1 Å². The lowest BCUT2D eigenvalue weighted by Crippen LogP contribution is -2.21. The van der Waals surface area contributed by atoms with Gasteiger partial charge >= 0.3 is 0 Å². The number of rotatable bonds is 5. The molecule has 0 amide bonds. The number of nitrogens with zero attached hydrogens (tertiary/aromatic N) is 2. The average Bonchev–Trinajstić information content (AvgIpc) is 3.02. The Bertz CT molecular complexity index is 842. The van der Waals surface area contributed by atoms with E-state index in [9.17, 15) is 9.18 Å². The van der Waals surface area contributed by atoms with Crippen LogP contribution in [-0.4, -0.2) is 34.1 Å². The van der Waals surface area contributed by atoms with E-state index in [1.807, 2.05) is 6.26 Å². The van der Waals surface area contributed by atoms with Gasteiger partial charge in [0.25, 0.3) is 5.56 Å². The second kappa shape index (κ2) is 6.23. The molecule has 0 unspecified atom stereocenters. The highest BCUT2D eigenvalue weighted by Gasteiger charge is 2.12. The lowest BCUT2D eigenvalue weighted by Gasteiger charge is -2.11. The number of nitrogens with one attached hydrogen (secondary N) is 1. The van der Waals surface area contributed by atoms with E-state index in [0.29, 0.717) is 27.6 Å². The van der Waals surface area contributed by atoms with E-state index in [4.69, 9.17) is 4.74 Å². The van der Waals surface area contributed by atoms with E-state index in [0.717, 1.165) is 0 Å². The zero-order valence-electron chi connectivity index (χ0n) is 11.9. The first-order valence-corrected chi connectivity index (χ1v) is 7.90. The maximum absolute atomic E-state index is 12.6. The molecule has 2 aromatic heterocycles. The molecule has 0 aliphatic heterocycles. The quantitative estimate of drug-likeness (QED) is 0.580. The Morgan fingerprint density at radius 3 is 2.77 bits per heavy atom. The molecular weight excluding hydrogens is 305 g/mol. The molecule has 0 saturated carbocycles. The summed E-state index contributed by atoms with van der Waals surface area (Å²) in [6, 6.07) is 8.65. The van der Waals surface area contributed by atoms with Crippen molar-refractivity contribution in [2.75, 3.05) is 19.5 Å². The van der Waals surface area contributed by atoms with E-state index < -0.39 is 6.67 Å². The lowest BCUT2D eigenvalue weighted by molar-refractivity contribution is 0.273. The van der Waals surface area contributed by atoms with Gasteiger partial charge in [0.15, 0.2) is 5.16 Å². The molecule has 0 aliphatic carbocycles. The fraction of sp³-hybridized carbons (Fsp3) is 0.200. The molecule has 0 fully saturated rings. The van der Waals surface area contributed by atoms with Crippen molar-refractivity contribution < 1.29 is 9.13 Å². The standard InChI is InChI=1S/C15H14FN3O2S/c1-22-15-18-13-12(6-8-17-13)14(20)19(15)10-2-4-11(5-3-10)21-9-7-16/h2-6,8,17H,7,9H2,1H3. The van der Waals surface area contributed by atoms with Gasteiger partial charge in [-0.05, 0) is 36.6 Å². The van der Waals surface area contributed by atoms with Crippen LogP contribution in [0.3, 0.4) is 0 Å². The van der Waals surface area contributed by atoms with Gasteiger partial charge in [-0.2, -0.15) is 0 Å². The number of ether oxygens (including phenoxy) is 1. The molecule has 3 rings (SSSR count). The van der Waals surface area contributed by atoms with Crippen LogP contribution in [0.4, 0.5) is 4.39 Å². The van der Waals surface area contributed by atoms with Gasteiger partial charge in [-0.25, -0.2) is 9.37 Å². The summed E-state index contributed by atoms with van der Waals surface area (Å²) >= 11 is 1.39. The molecule has 1 N–H and O–H groups in total. The van der Waals surface area contributed by atoms with Crippen LogP contribution in [0.15, 0.2) is 46.5 Å². The predicted molar refractivity (Wildman–Crippen MR) is 84.9 cm³/mol. The Hall–Kier alpha value is -2.28. The predicted octanol–water partition coefficient (Wildman–Crippen LogP) is 2.78. The van der Waals surface area contributed by atoms with Gasteiger partial charge in [-0.15, -0.1) is 0 Å². The van der Waals surface area contributed by atoms with E-state index >= 15 is 0 Å². The molecule has 1 aromatic carbocycles. The van der Waals surface area contributed by atoms with Crippen LogP contribution in [0, 0.1) is 0 Å². The number of halogens is 1. The number of fused-ring (bicyclic) bond motifs is 1. The van der Waals surface area contributed by atoms with E-state index in [-0.39, 0.29) is 12.2 Å². The molecule has 0 atom stereocenters. The van der Waals surface area contributed by atoms with Crippen molar-refractivity contribution in [2.45, 2.75) is 5.16 Å². The first-order chi connectivity index (χ1) is 10.7. The van der Waals surface area contributed by atoms with Crippen molar-refractivity contribution in [1.29, 1.82) is 0 Å². The lowest BCUT2D eigenvalue weighted by atomic mass is 10.3. The molecule has 0 bridgehead atoms. The summed E-state index contributed by atoms with van der Waals surface area (Å²) in [6.07, 6.45) is 3.56. The monoisotopic (exact) mass is 319 g/mol. The minimum atomic E-state index is -0.536. The maximum Gasteiger partial charge on any atom is 0.268 e. The second-order valence-electron chi connectivity index (χ2n) is 4.51. The molecule has 0 spiro atoms. The third-order valence-electron chi connectivity index (χ3n) is 3.18. The van der Waals surface area contributed by atoms with Crippen molar-refractivity contribution in [2.24, 2.45) is 0 Å². The number of benzene rings is 1. The molecule has 114 valence electrons. The highest BCUT2D eigenvalue weighted by atomic mass is 32.2. The maximum atomic E-state index is 12.6. The average molecular weight is 319 g/mol. The first kappa shape index (κ1) is 14.6. The highest BCUT2D eigenvalue weighted by Crippen LogP contribution is 2.20. The third kappa shape index (κ3) is 2.59. The van der Waals surface area contributed by atoms with Crippen LogP contribution in [0.2, 0.25) is 0 Å². The number of hydrogen-bond donors (Lipinski definition) is 1. The zero-order valence-corrected chi connectivity index (χ0v) is 12.7. The zero-order chi connectivity index (χ0) is 15.5. The molecular formula is C15H14FN3O2S. The fourth-order valence-electron chi connectivity index (χ4n) is 2.19. The van der Waals surface area contributed by atoms with Gasteiger partial charge in [-0.1, -0.05) is 11.8 Å². The SMILES string of the molecule is CSc1nc2[nH]ccc2c(=O)n1-c1ccc(OCCF)cc1. The number of H-pyrrole nitrogens is 1. The van der Waals surface area contributed by atoms with Crippen LogP contribution in [0.25, 0.3) is 16.7 Å². The Morgan fingerprint density at radius 1 is 1.32 bits per heavy atom. The van der Waals surface area contributed by atoms with Crippen molar-refractivity contribution in [1.82, 2.24) is 14.5 Å². The van der Waals surface area contributed by atoms with Gasteiger partial charge in [0.2, 0.25) is 0 Å². The van der Waals surface area contributed by atoms with Gasteiger partial charge in [0, 0.05) is 6.20 Å². The number of aromatic amines is 1. The molecule has 0 radical (unpaired) electrons. The Labute approximate surface area is 130 Å². The van der Waals surface area contributed by atoms with E-state index in [2.05, 4.69) is 9.97 Å². The van der Waals surface area contributed by atoms with Gasteiger partial charge in [-0.3, -0.25) is 9.36 Å². The molecule has 3 aromatic rings. The highest BCUT2D eigenvalue weighted by molar-refractivity contribution is 7.98. The molecule has 22 heavy (non-hydrogen) atoms. The third-order valence-corrected chi connectivity index (χ3v) is 3.82. The largest absolute Gasteiger partial charge is 0.491 e. The summed E-state index contributed by atoms with van der Waals surface area (Å²) in [7, 11) is 0. The van der Waals surface area contributed by atoms with Crippen LogP contribution < -0.4 is 10.3 Å². The first-order valence-electron chi connectivity index (χ1n) is 6.68. The smallest absolute Gasteiger partial charge is 0.268 e. The Kier molecular flexibility index (Phi) is 4.15. The topological polar surface area (TPSA) is 59.9 Å². The summed E-state index contributed by atoms with van der Waals surface area (Å²) < 4.78 is 18.9. The minimum Gasteiger partial charge on any atom is -0.491 e. The van der Waals surface area contributed by atoms with Crippen molar-refractivity contribution in [3.63, 3.8) is 0 Å². The molecule has 2 heterocycles. The van der Waals surface area contributed by atoms with Crippen LogP contribution >= 0.6 is 11.8 Å². The van der Waals surface area contributed by atoms with Crippen molar-refractivity contribution in [3.05, 3.63) is 46.9 Å². The Morgan fingerprint density at radius 2 is 2.09 bits per heavy atom. The summed E-state index contributed by atoms with van der Waals surface area (Å²) in [5, 5.41) is 1.13. The summed E-state index contributed by atoms with van der Waals surface area (Å²) in [4.78, 5) is 20.0. The summed E-state index contributed by atoms with van der Waals surface area (Å²) in [6.45, 7) is -0.516. The van der Waals surface area contributed by atoms with Crippen LogP contribution in [0.5, 0.6) is 5.75 Å². The number of thioether (sulfide) groups is 1. The molecule has 7 heteroatoms. The minimum absolute atomic E-state index is 0.0201. The van der Waals surface area contributed by atoms with Crippen LogP contribution in [-0.2, 0) is 0 Å². The number of hydrogen-bond acceptors (Lipinski definition) is 4. The van der Waals surface area contributed by atoms with Gasteiger partial charge in [0.1, 0.15) is 24.7 Å². The summed E-state index contributed by atoms with van der Waals surface area (Å²) in [5.41, 5.74) is 1.14. The van der Waals surface area contributed by atoms with Crippen molar-refractivity contribution >= 4 is 22.8 Å². The van der Waals surface area contributed by atoms with Gasteiger partial charge in [0.05, 0.1) is 11.1 Å². The van der Waals surface area contributed by atoms with Gasteiger partial charge < -0.3 is 9.72 Å². The Balaban J connectivity index is 2.08.